The van der Waals surface area contributed by atoms with Gasteiger partial charge < -0.3 is 7.43 Å². The zero-order valence-corrected chi connectivity index (χ0v) is 6.46. The molecule has 0 spiro atoms. The van der Waals surface area contributed by atoms with E-state index < -0.39 is 0 Å². The van der Waals surface area contributed by atoms with Crippen LogP contribution in [0.15, 0.2) is 0 Å². The maximum absolute atomic E-state index is 8.38. The Kier molecular flexibility index (Phi) is 195. The Balaban J connectivity index is -0.00000000500. The van der Waals surface area contributed by atoms with Crippen molar-refractivity contribution in [3.8, 4) is 0 Å². The molecule has 0 bridgehead atoms. The molecule has 0 fully saturated rings. The fourth-order valence-corrected chi connectivity index (χ4v) is 0. The molecule has 0 amide bonds. The molecule has 0 heterocycles. The van der Waals surface area contributed by atoms with Gasteiger partial charge in [-0.25, -0.2) is 0 Å². The molecule has 27 valence electrons. The Morgan fingerprint density at radius 2 is 1.25 bits per heavy atom. The third kappa shape index (κ3) is 12.5. The van der Waals surface area contributed by atoms with Crippen LogP contribution in [0.2, 0.25) is 0 Å². The molecule has 0 N–H and O–H groups in total. The minimum atomic E-state index is 0. The van der Waals surface area contributed by atoms with Crippen molar-refractivity contribution in [3.63, 3.8) is 0 Å². The van der Waals surface area contributed by atoms with Crippen molar-refractivity contribution >= 4 is 18.6 Å². The summed E-state index contributed by atoms with van der Waals surface area (Å²) in [5, 5.41) is 0. The van der Waals surface area contributed by atoms with Gasteiger partial charge in [0.25, 0.3) is 0 Å². The fourth-order valence-electron chi connectivity index (χ4n) is 0. The van der Waals surface area contributed by atoms with Crippen LogP contribution in [0.1, 0.15) is 0 Å². The summed E-state index contributed by atoms with van der Waals surface area (Å²) in [5.74, 6) is 0. The molecule has 0 aromatic carbocycles. The maximum atomic E-state index is 8.38. The molecule has 3 heteroatoms. The van der Waals surface area contributed by atoms with Gasteiger partial charge >= 0.3 is 22.1 Å². The predicted molar refractivity (Wildman–Crippen MR) is 14.2 cm³/mol. The van der Waals surface area contributed by atoms with Crippen LogP contribution in [0.5, 0.6) is 0 Å². The summed E-state index contributed by atoms with van der Waals surface area (Å²) >= 11 is 0.125. The summed E-state index contributed by atoms with van der Waals surface area (Å²) in [6.45, 7) is 0. The van der Waals surface area contributed by atoms with Crippen LogP contribution in [-0.2, 0) is 20.3 Å². The van der Waals surface area contributed by atoms with Gasteiger partial charge in [0.2, 0.25) is 0 Å². The van der Waals surface area contributed by atoms with E-state index in [1.165, 1.54) is 0 Å². The molecular formula is CH4CoGaO-. The normalized spacial score (nSPS) is 0.750. The van der Waals surface area contributed by atoms with Gasteiger partial charge in [-0.1, -0.05) is 0 Å². The van der Waals surface area contributed by atoms with Crippen LogP contribution in [0, 0.1) is 7.43 Å². The summed E-state index contributed by atoms with van der Waals surface area (Å²) < 4.78 is 8.38. The van der Waals surface area contributed by atoms with E-state index >= 15 is 0 Å². The van der Waals surface area contributed by atoms with E-state index in [4.69, 9.17) is 3.54 Å². The van der Waals surface area contributed by atoms with E-state index in [9.17, 15) is 0 Å². The summed E-state index contributed by atoms with van der Waals surface area (Å²) in [6.07, 6.45) is 0. The second-order valence-corrected chi connectivity index (χ2v) is 0. The van der Waals surface area contributed by atoms with Gasteiger partial charge in [-0.15, -0.1) is 0 Å². The van der Waals surface area contributed by atoms with Crippen LogP contribution in [-0.4, -0.2) is 18.6 Å². The zero-order chi connectivity index (χ0) is 2.00. The van der Waals surface area contributed by atoms with Gasteiger partial charge in [0.1, 0.15) is 0 Å². The van der Waals surface area contributed by atoms with E-state index in [2.05, 4.69) is 0 Å². The third-order valence-corrected chi connectivity index (χ3v) is 0. The van der Waals surface area contributed by atoms with Crippen LogP contribution in [0.25, 0.3) is 0 Å². The molecule has 1 nitrogen and oxygen atoms in total. The molecule has 0 saturated heterocycles. The van der Waals surface area contributed by atoms with Crippen molar-refractivity contribution < 1.29 is 20.3 Å². The standard InChI is InChI=1S/CH3.Co.Ga.O.H/h1H3;;;;/q-1;;;;. The van der Waals surface area contributed by atoms with Gasteiger partial charge in [-0.2, -0.15) is 0 Å². The quantitative estimate of drug-likeness (QED) is 0.351. The van der Waals surface area contributed by atoms with Crippen LogP contribution in [0.4, 0.5) is 0 Å². The fraction of sp³-hybridized carbons (Fsp3) is 0. The molecule has 0 atom stereocenters. The van der Waals surface area contributed by atoms with Crippen molar-refractivity contribution in [2.45, 2.75) is 0 Å². The Bertz CT molecular complexity index is 8.00. The molecule has 0 aliphatic heterocycles. The van der Waals surface area contributed by atoms with Crippen molar-refractivity contribution in [3.05, 3.63) is 7.43 Å². The van der Waals surface area contributed by atoms with Gasteiger partial charge in [0.05, 0.1) is 0 Å². The predicted octanol–water partition coefficient (Wildman–Crippen LogP) is -0.320. The van der Waals surface area contributed by atoms with E-state index in [1.807, 2.05) is 0 Å². The third-order valence-electron chi connectivity index (χ3n) is 0. The number of hydrogen-bond acceptors (Lipinski definition) is 1. The molecule has 4 heavy (non-hydrogen) atoms. The monoisotopic (exact) mass is 160 g/mol. The molecule has 0 unspecified atom stereocenters. The van der Waals surface area contributed by atoms with Gasteiger partial charge in [-0.3, -0.25) is 0 Å². The Morgan fingerprint density at radius 3 is 1.25 bits per heavy atom. The second kappa shape index (κ2) is 38.4. The molecule has 0 rings (SSSR count). The van der Waals surface area contributed by atoms with Crippen LogP contribution in [0.3, 0.4) is 0 Å². The van der Waals surface area contributed by atoms with E-state index in [-0.39, 0.29) is 42.8 Å². The first-order valence-corrected chi connectivity index (χ1v) is 1.50. The molecular weight excluding hydrogens is 157 g/mol. The molecule has 0 aliphatic carbocycles. The Hall–Kier alpha value is 0.943. The summed E-state index contributed by atoms with van der Waals surface area (Å²) in [5.41, 5.74) is 0. The van der Waals surface area contributed by atoms with E-state index in [0.29, 0.717) is 0 Å². The molecule has 0 aliphatic rings. The van der Waals surface area contributed by atoms with Gasteiger partial charge in [-0.05, 0) is 0 Å². The average Bonchev–Trinajstić information content (AvgIpc) is 1.00. The van der Waals surface area contributed by atoms with E-state index in [1.54, 1.807) is 0 Å². The molecule has 0 saturated carbocycles. The first-order chi connectivity index (χ1) is 1.00. The Labute approximate surface area is 46.5 Å². The van der Waals surface area contributed by atoms with E-state index in [0.717, 1.165) is 0 Å². The van der Waals surface area contributed by atoms with Gasteiger partial charge in [0.15, 0.2) is 0 Å². The summed E-state index contributed by atoms with van der Waals surface area (Å²) in [7, 11) is 0. The topological polar surface area (TPSA) is 17.1 Å². The minimum absolute atomic E-state index is 0. The van der Waals surface area contributed by atoms with Crippen molar-refractivity contribution in [2.24, 2.45) is 0 Å². The van der Waals surface area contributed by atoms with Crippen LogP contribution < -0.4 is 0 Å². The SMILES string of the molecule is [CH3-].[Co].[O]=[GaH]. The van der Waals surface area contributed by atoms with Crippen LogP contribution >= 0.6 is 0 Å². The zero-order valence-electron chi connectivity index (χ0n) is 2.45. The van der Waals surface area contributed by atoms with Gasteiger partial charge in [0, 0.05) is 16.8 Å². The molecule has 1 radical (unpaired) electrons. The van der Waals surface area contributed by atoms with Crippen molar-refractivity contribution in [1.29, 1.82) is 0 Å². The van der Waals surface area contributed by atoms with Crippen molar-refractivity contribution in [2.75, 3.05) is 0 Å². The molecule has 0 aromatic heterocycles. The van der Waals surface area contributed by atoms with Crippen molar-refractivity contribution in [1.82, 2.24) is 0 Å². The number of rotatable bonds is 0. The second-order valence-electron chi connectivity index (χ2n) is 0. The summed E-state index contributed by atoms with van der Waals surface area (Å²) in [4.78, 5) is 0. The first-order valence-electron chi connectivity index (χ1n) is 0.289. The number of hydrogen-bond donors (Lipinski definition) is 0. The first kappa shape index (κ1) is 20.4. The molecule has 0 aromatic rings. The summed E-state index contributed by atoms with van der Waals surface area (Å²) in [6, 6.07) is 0. The Morgan fingerprint density at radius 1 is 1.25 bits per heavy atom. The average molecular weight is 161 g/mol.